The largest absolute Gasteiger partial charge is 0.492 e. The van der Waals surface area contributed by atoms with Crippen molar-refractivity contribution < 1.29 is 13.9 Å². The van der Waals surface area contributed by atoms with Crippen LogP contribution in [0.4, 0.5) is 10.1 Å². The smallest absolute Gasteiger partial charge is 0.200 e. The number of benzene rings is 1. The molecule has 1 saturated carbocycles. The maximum Gasteiger partial charge on any atom is 0.200 e. The van der Waals surface area contributed by atoms with Crippen LogP contribution in [-0.2, 0) is 0 Å². The maximum absolute atomic E-state index is 15.4. The number of carbonyl (C=O) groups excluding carboxylic acids is 1. The summed E-state index contributed by atoms with van der Waals surface area (Å²) in [5.41, 5.74) is 0.713. The summed E-state index contributed by atoms with van der Waals surface area (Å²) in [6.07, 6.45) is 5.87. The van der Waals surface area contributed by atoms with Crippen LogP contribution in [0, 0.1) is 11.7 Å². The van der Waals surface area contributed by atoms with Gasteiger partial charge in [0.2, 0.25) is 0 Å². The molecule has 0 unspecified atom stereocenters. The third-order valence-corrected chi connectivity index (χ3v) is 6.64. The number of aromatic nitrogens is 1. The fraction of sp³-hybridized carbons (Fsp3) is 0.545. The number of hydrogen-bond acceptors (Lipinski definition) is 5. The van der Waals surface area contributed by atoms with Crippen LogP contribution in [-0.4, -0.2) is 43.1 Å². The van der Waals surface area contributed by atoms with Crippen molar-refractivity contribution in [1.82, 2.24) is 9.88 Å². The molecule has 1 aliphatic carbocycles. The van der Waals surface area contributed by atoms with Crippen molar-refractivity contribution in [1.29, 1.82) is 0 Å². The molecule has 6 nitrogen and oxygen atoms in total. The van der Waals surface area contributed by atoms with Gasteiger partial charge in [0.15, 0.2) is 22.8 Å². The first-order valence-corrected chi connectivity index (χ1v) is 10.4. The number of nitrogens with one attached hydrogen (secondary N) is 1. The van der Waals surface area contributed by atoms with E-state index < -0.39 is 11.2 Å². The van der Waals surface area contributed by atoms with Crippen LogP contribution >= 0.6 is 0 Å². The van der Waals surface area contributed by atoms with E-state index in [-0.39, 0.29) is 22.8 Å². The van der Waals surface area contributed by atoms with Gasteiger partial charge < -0.3 is 19.5 Å². The molecule has 2 atom stereocenters. The van der Waals surface area contributed by atoms with E-state index in [4.69, 9.17) is 4.74 Å². The zero-order valence-electron chi connectivity index (χ0n) is 16.8. The number of Topliss-reactive ketones (excluding diaryl/α,β-unsaturated/α-hetero) is 1. The van der Waals surface area contributed by atoms with E-state index >= 15 is 4.39 Å². The van der Waals surface area contributed by atoms with Gasteiger partial charge in [0.25, 0.3) is 0 Å². The van der Waals surface area contributed by atoms with Crippen molar-refractivity contribution in [2.45, 2.75) is 44.7 Å². The summed E-state index contributed by atoms with van der Waals surface area (Å²) in [5, 5.41) is 3.77. The number of ether oxygens (including phenoxy) is 1. The molecule has 0 spiro atoms. The van der Waals surface area contributed by atoms with E-state index in [1.165, 1.54) is 20.1 Å². The number of carbonyl (C=O) groups is 1. The number of pyridine rings is 1. The number of ketones is 1. The molecule has 2 aromatic rings. The number of anilines is 1. The monoisotopic (exact) mass is 399 g/mol. The molecule has 1 N–H and O–H groups in total. The molecule has 0 radical (unpaired) electrons. The molecule has 0 bridgehead atoms. The van der Waals surface area contributed by atoms with Gasteiger partial charge in [-0.25, -0.2) is 4.39 Å². The number of rotatable bonds is 4. The van der Waals surface area contributed by atoms with Crippen LogP contribution in [0.15, 0.2) is 17.1 Å². The zero-order valence-corrected chi connectivity index (χ0v) is 16.8. The van der Waals surface area contributed by atoms with Crippen molar-refractivity contribution >= 4 is 22.4 Å². The molecule has 3 fully saturated rings. The van der Waals surface area contributed by atoms with Gasteiger partial charge in [0.1, 0.15) is 5.69 Å². The number of fused-ring (bicyclic) bond motifs is 2. The molecule has 29 heavy (non-hydrogen) atoms. The van der Waals surface area contributed by atoms with Gasteiger partial charge in [-0.3, -0.25) is 9.59 Å². The van der Waals surface area contributed by atoms with Crippen LogP contribution in [0.5, 0.6) is 5.75 Å². The summed E-state index contributed by atoms with van der Waals surface area (Å²) in [6.45, 7) is 3.88. The van der Waals surface area contributed by atoms with Crippen LogP contribution in [0.3, 0.4) is 0 Å². The Bertz CT molecular complexity index is 1050. The topological polar surface area (TPSA) is 63.6 Å². The van der Waals surface area contributed by atoms with Crippen LogP contribution in [0.1, 0.15) is 49.0 Å². The van der Waals surface area contributed by atoms with Crippen molar-refractivity contribution in [2.24, 2.45) is 5.92 Å². The number of halogens is 1. The lowest BCUT2D eigenvalue weighted by Crippen LogP contribution is -2.40. The first kappa shape index (κ1) is 18.6. The predicted octanol–water partition coefficient (Wildman–Crippen LogP) is 2.87. The Morgan fingerprint density at radius 2 is 2.07 bits per heavy atom. The minimum atomic E-state index is -0.465. The highest BCUT2D eigenvalue weighted by Gasteiger charge is 2.38. The highest BCUT2D eigenvalue weighted by molar-refractivity contribution is 5.99. The van der Waals surface area contributed by atoms with E-state index in [1.54, 1.807) is 6.20 Å². The third-order valence-electron chi connectivity index (χ3n) is 6.64. The van der Waals surface area contributed by atoms with E-state index in [0.717, 1.165) is 45.3 Å². The normalized spacial score (nSPS) is 24.0. The first-order chi connectivity index (χ1) is 14.0. The van der Waals surface area contributed by atoms with Gasteiger partial charge >= 0.3 is 0 Å². The highest BCUT2D eigenvalue weighted by atomic mass is 19.1. The molecule has 5 rings (SSSR count). The summed E-state index contributed by atoms with van der Waals surface area (Å²) in [7, 11) is 1.53. The molecular formula is C22H26FN3O3. The van der Waals surface area contributed by atoms with Crippen LogP contribution < -0.4 is 20.4 Å². The number of methoxy groups -OCH3 is 1. The van der Waals surface area contributed by atoms with Gasteiger partial charge in [-0.15, -0.1) is 0 Å². The van der Waals surface area contributed by atoms with Gasteiger partial charge in [-0.2, -0.15) is 0 Å². The summed E-state index contributed by atoms with van der Waals surface area (Å²) in [5.74, 6) is 0.129. The minimum absolute atomic E-state index is 0.106. The summed E-state index contributed by atoms with van der Waals surface area (Å²) < 4.78 is 23.1. The Morgan fingerprint density at radius 1 is 1.28 bits per heavy atom. The van der Waals surface area contributed by atoms with Crippen molar-refractivity contribution in [3.63, 3.8) is 0 Å². The fourth-order valence-corrected chi connectivity index (χ4v) is 5.05. The van der Waals surface area contributed by atoms with Gasteiger partial charge in [0, 0.05) is 31.4 Å². The number of nitrogens with zero attached hydrogens (tertiary/aromatic N) is 2. The second-order valence-corrected chi connectivity index (χ2v) is 8.57. The quantitative estimate of drug-likeness (QED) is 0.801. The van der Waals surface area contributed by atoms with Crippen LogP contribution in [0.2, 0.25) is 0 Å². The molecule has 154 valence electrons. The van der Waals surface area contributed by atoms with E-state index in [1.807, 2.05) is 4.57 Å². The van der Waals surface area contributed by atoms with Crippen molar-refractivity contribution in [3.05, 3.63) is 33.9 Å². The SMILES string of the molecule is COc1c(N2C[C@H]3CCCN[C@H]3C2)c(F)cc2c(=O)c(C(C)=O)cn(C3CC3)c12. The van der Waals surface area contributed by atoms with Crippen molar-refractivity contribution in [2.75, 3.05) is 31.6 Å². The number of piperidine rings is 1. The molecule has 7 heteroatoms. The Morgan fingerprint density at radius 3 is 2.72 bits per heavy atom. The lowest BCUT2D eigenvalue weighted by molar-refractivity contribution is 0.101. The Kier molecular flexibility index (Phi) is 4.38. The highest BCUT2D eigenvalue weighted by Crippen LogP contribution is 2.45. The molecule has 1 aromatic heterocycles. The Balaban J connectivity index is 1.73. The average Bonchev–Trinajstić information content (AvgIpc) is 3.45. The van der Waals surface area contributed by atoms with E-state index in [0.29, 0.717) is 28.9 Å². The zero-order chi connectivity index (χ0) is 20.3. The number of hydrogen-bond donors (Lipinski definition) is 1. The molecule has 3 aliphatic rings. The molecule has 0 amide bonds. The lowest BCUT2D eigenvalue weighted by Gasteiger charge is -2.25. The summed E-state index contributed by atoms with van der Waals surface area (Å²) in [4.78, 5) is 27.0. The third kappa shape index (κ3) is 2.94. The second kappa shape index (κ2) is 6.83. The average molecular weight is 399 g/mol. The van der Waals surface area contributed by atoms with Gasteiger partial charge in [-0.05, 0) is 51.1 Å². The summed E-state index contributed by atoms with van der Waals surface area (Å²) >= 11 is 0. The molecule has 3 heterocycles. The van der Waals surface area contributed by atoms with Crippen molar-refractivity contribution in [3.8, 4) is 5.75 Å². The predicted molar refractivity (Wildman–Crippen MR) is 110 cm³/mol. The van der Waals surface area contributed by atoms with Gasteiger partial charge in [0.05, 0.1) is 23.6 Å². The van der Waals surface area contributed by atoms with E-state index in [2.05, 4.69) is 10.2 Å². The molecular weight excluding hydrogens is 373 g/mol. The Hall–Kier alpha value is -2.41. The summed E-state index contributed by atoms with van der Waals surface area (Å²) in [6, 6.07) is 1.87. The van der Waals surface area contributed by atoms with E-state index in [9.17, 15) is 9.59 Å². The standard InChI is InChI=1S/C22H26FN3O3/c1-12(27)16-10-26(14-5-6-14)19-15(21(16)28)8-17(23)20(22(19)29-2)25-9-13-4-3-7-24-18(13)11-25/h8,10,13-14,18,24H,3-7,9,11H2,1-2H3/t13-,18+/m1/s1. The van der Waals surface area contributed by atoms with Crippen LogP contribution in [0.25, 0.3) is 10.9 Å². The fourth-order valence-electron chi connectivity index (χ4n) is 5.05. The van der Waals surface area contributed by atoms with Gasteiger partial charge in [-0.1, -0.05) is 0 Å². The molecule has 2 aliphatic heterocycles. The molecule has 1 aromatic carbocycles. The Labute approximate surface area is 168 Å². The second-order valence-electron chi connectivity index (χ2n) is 8.57. The minimum Gasteiger partial charge on any atom is -0.492 e. The molecule has 2 saturated heterocycles. The maximum atomic E-state index is 15.4. The lowest BCUT2D eigenvalue weighted by atomic mass is 9.94. The first-order valence-electron chi connectivity index (χ1n) is 10.4.